The number of carbonyl (C=O) groups is 1. The van der Waals surface area contributed by atoms with Gasteiger partial charge in [0.2, 0.25) is 0 Å². The molecule has 1 aromatic carbocycles. The van der Waals surface area contributed by atoms with Gasteiger partial charge in [-0.05, 0) is 49.5 Å². The van der Waals surface area contributed by atoms with Crippen molar-refractivity contribution in [3.8, 4) is 11.5 Å². The number of rotatable bonds is 5. The Bertz CT molecular complexity index is 479. The fourth-order valence-electron chi connectivity index (χ4n) is 2.48. The number of carbonyl (C=O) groups excluding carboxylic acids is 1. The van der Waals surface area contributed by atoms with Gasteiger partial charge in [-0.2, -0.15) is 0 Å². The zero-order chi connectivity index (χ0) is 15.1. The average molecular weight is 290 g/mol. The van der Waals surface area contributed by atoms with E-state index in [1.807, 2.05) is 12.1 Å². The maximum Gasteiger partial charge on any atom is 0.331 e. The minimum absolute atomic E-state index is 0.0794. The van der Waals surface area contributed by atoms with Crippen LogP contribution in [-0.4, -0.2) is 26.3 Å². The Balaban J connectivity index is 1.97. The summed E-state index contributed by atoms with van der Waals surface area (Å²) in [5.41, 5.74) is 0.840. The fraction of sp³-hybridized carbons (Fsp3) is 0.471. The van der Waals surface area contributed by atoms with Crippen LogP contribution in [0.15, 0.2) is 24.3 Å². The van der Waals surface area contributed by atoms with Gasteiger partial charge in [-0.15, -0.1) is 0 Å². The van der Waals surface area contributed by atoms with Gasteiger partial charge in [0.25, 0.3) is 0 Å². The minimum Gasteiger partial charge on any atom is -0.497 e. The van der Waals surface area contributed by atoms with Crippen molar-refractivity contribution in [1.29, 1.82) is 0 Å². The highest BCUT2D eigenvalue weighted by molar-refractivity contribution is 5.87. The van der Waals surface area contributed by atoms with Gasteiger partial charge in [-0.25, -0.2) is 4.79 Å². The molecule has 1 saturated carbocycles. The van der Waals surface area contributed by atoms with E-state index >= 15 is 0 Å². The normalized spacial score (nSPS) is 15.9. The number of esters is 1. The van der Waals surface area contributed by atoms with E-state index in [-0.39, 0.29) is 12.1 Å². The third-order valence-electron chi connectivity index (χ3n) is 3.62. The SMILES string of the molecule is COc1cc(/C=C/C(=O)OC2CCCCC2)cc(OC)c1. The molecule has 0 amide bonds. The summed E-state index contributed by atoms with van der Waals surface area (Å²) in [6.07, 6.45) is 8.76. The van der Waals surface area contributed by atoms with Crippen molar-refractivity contribution in [3.63, 3.8) is 0 Å². The van der Waals surface area contributed by atoms with Gasteiger partial charge in [-0.3, -0.25) is 0 Å². The van der Waals surface area contributed by atoms with Crippen molar-refractivity contribution < 1.29 is 19.0 Å². The number of hydrogen-bond acceptors (Lipinski definition) is 4. The van der Waals surface area contributed by atoms with Crippen LogP contribution in [0.5, 0.6) is 11.5 Å². The molecular weight excluding hydrogens is 268 g/mol. The summed E-state index contributed by atoms with van der Waals surface area (Å²) in [6, 6.07) is 5.47. The molecule has 2 rings (SSSR count). The van der Waals surface area contributed by atoms with Crippen LogP contribution in [0.2, 0.25) is 0 Å². The van der Waals surface area contributed by atoms with Gasteiger partial charge in [0.05, 0.1) is 14.2 Å². The molecule has 4 heteroatoms. The van der Waals surface area contributed by atoms with Crippen LogP contribution in [0.3, 0.4) is 0 Å². The molecule has 0 aromatic heterocycles. The number of ether oxygens (including phenoxy) is 3. The summed E-state index contributed by atoms with van der Waals surface area (Å²) in [5.74, 6) is 1.09. The Morgan fingerprint density at radius 3 is 2.24 bits per heavy atom. The second-order valence-corrected chi connectivity index (χ2v) is 5.18. The quantitative estimate of drug-likeness (QED) is 0.614. The maximum absolute atomic E-state index is 11.8. The van der Waals surface area contributed by atoms with Crippen molar-refractivity contribution in [2.24, 2.45) is 0 Å². The van der Waals surface area contributed by atoms with E-state index in [0.717, 1.165) is 31.2 Å². The van der Waals surface area contributed by atoms with Crippen molar-refractivity contribution in [1.82, 2.24) is 0 Å². The Hall–Kier alpha value is -1.97. The molecular formula is C17H22O4. The number of hydrogen-bond donors (Lipinski definition) is 0. The summed E-state index contributed by atoms with van der Waals surface area (Å²) < 4.78 is 15.8. The summed E-state index contributed by atoms with van der Waals surface area (Å²) in [7, 11) is 3.19. The van der Waals surface area contributed by atoms with Crippen LogP contribution in [0.4, 0.5) is 0 Å². The first-order valence-electron chi connectivity index (χ1n) is 7.33. The van der Waals surface area contributed by atoms with E-state index < -0.39 is 0 Å². The van der Waals surface area contributed by atoms with Crippen LogP contribution >= 0.6 is 0 Å². The highest BCUT2D eigenvalue weighted by atomic mass is 16.5. The van der Waals surface area contributed by atoms with Crippen molar-refractivity contribution in [2.45, 2.75) is 38.2 Å². The van der Waals surface area contributed by atoms with Crippen molar-refractivity contribution in [3.05, 3.63) is 29.8 Å². The van der Waals surface area contributed by atoms with Gasteiger partial charge in [-0.1, -0.05) is 6.42 Å². The van der Waals surface area contributed by atoms with E-state index in [1.165, 1.54) is 12.5 Å². The lowest BCUT2D eigenvalue weighted by molar-refractivity contribution is -0.144. The van der Waals surface area contributed by atoms with Crippen LogP contribution in [0, 0.1) is 0 Å². The lowest BCUT2D eigenvalue weighted by Gasteiger charge is -2.20. The summed E-state index contributed by atoms with van der Waals surface area (Å²) in [4.78, 5) is 11.8. The molecule has 4 nitrogen and oxygen atoms in total. The molecule has 0 saturated heterocycles. The van der Waals surface area contributed by atoms with Crippen LogP contribution in [0.25, 0.3) is 6.08 Å². The highest BCUT2D eigenvalue weighted by Gasteiger charge is 2.16. The Labute approximate surface area is 125 Å². The first-order valence-corrected chi connectivity index (χ1v) is 7.33. The van der Waals surface area contributed by atoms with Crippen LogP contribution < -0.4 is 9.47 Å². The topological polar surface area (TPSA) is 44.8 Å². The second-order valence-electron chi connectivity index (χ2n) is 5.18. The molecule has 114 valence electrons. The number of benzene rings is 1. The third kappa shape index (κ3) is 4.81. The molecule has 0 bridgehead atoms. The zero-order valence-corrected chi connectivity index (χ0v) is 12.6. The molecule has 1 aliphatic carbocycles. The van der Waals surface area contributed by atoms with Crippen molar-refractivity contribution in [2.75, 3.05) is 14.2 Å². The third-order valence-corrected chi connectivity index (χ3v) is 3.62. The number of methoxy groups -OCH3 is 2. The fourth-order valence-corrected chi connectivity index (χ4v) is 2.48. The predicted molar refractivity (Wildman–Crippen MR) is 81.5 cm³/mol. The molecule has 0 heterocycles. The van der Waals surface area contributed by atoms with Gasteiger partial charge in [0, 0.05) is 12.1 Å². The Kier molecular flexibility index (Phi) is 5.67. The molecule has 0 atom stereocenters. The van der Waals surface area contributed by atoms with E-state index in [1.54, 1.807) is 26.4 Å². The standard InChI is InChI=1S/C17H22O4/c1-19-15-10-13(11-16(12-15)20-2)8-9-17(18)21-14-6-4-3-5-7-14/h8-12,14H,3-7H2,1-2H3/b9-8+. The molecule has 0 aliphatic heterocycles. The molecule has 0 unspecified atom stereocenters. The maximum atomic E-state index is 11.8. The zero-order valence-electron chi connectivity index (χ0n) is 12.6. The van der Waals surface area contributed by atoms with E-state index in [0.29, 0.717) is 11.5 Å². The second kappa shape index (κ2) is 7.72. The molecule has 1 aromatic rings. The largest absolute Gasteiger partial charge is 0.497 e. The summed E-state index contributed by atoms with van der Waals surface area (Å²) in [6.45, 7) is 0. The monoisotopic (exact) mass is 290 g/mol. The van der Waals surface area contributed by atoms with E-state index in [9.17, 15) is 4.79 Å². The molecule has 21 heavy (non-hydrogen) atoms. The average Bonchev–Trinajstić information content (AvgIpc) is 2.53. The van der Waals surface area contributed by atoms with Crippen molar-refractivity contribution >= 4 is 12.0 Å². The molecule has 0 spiro atoms. The highest BCUT2D eigenvalue weighted by Crippen LogP contribution is 2.24. The van der Waals surface area contributed by atoms with Crippen LogP contribution in [0.1, 0.15) is 37.7 Å². The summed E-state index contributed by atoms with van der Waals surface area (Å²) in [5, 5.41) is 0. The molecule has 0 radical (unpaired) electrons. The van der Waals surface area contributed by atoms with Gasteiger partial charge < -0.3 is 14.2 Å². The molecule has 1 fully saturated rings. The van der Waals surface area contributed by atoms with E-state index in [4.69, 9.17) is 14.2 Å². The van der Waals surface area contributed by atoms with Gasteiger partial charge >= 0.3 is 5.97 Å². The van der Waals surface area contributed by atoms with Gasteiger partial charge in [0.1, 0.15) is 17.6 Å². The van der Waals surface area contributed by atoms with Crippen LogP contribution in [-0.2, 0) is 9.53 Å². The predicted octanol–water partition coefficient (Wildman–Crippen LogP) is 3.59. The lowest BCUT2D eigenvalue weighted by atomic mass is 9.98. The summed E-state index contributed by atoms with van der Waals surface area (Å²) >= 11 is 0. The molecule has 0 N–H and O–H groups in total. The Morgan fingerprint density at radius 2 is 1.67 bits per heavy atom. The first-order chi connectivity index (χ1) is 10.2. The smallest absolute Gasteiger partial charge is 0.331 e. The Morgan fingerprint density at radius 1 is 1.05 bits per heavy atom. The lowest BCUT2D eigenvalue weighted by Crippen LogP contribution is -2.19. The van der Waals surface area contributed by atoms with Gasteiger partial charge in [0.15, 0.2) is 0 Å². The van der Waals surface area contributed by atoms with E-state index in [2.05, 4.69) is 0 Å². The molecule has 1 aliphatic rings. The first kappa shape index (κ1) is 15.4. The minimum atomic E-state index is -0.288.